The molecule has 122 valence electrons. The van der Waals surface area contributed by atoms with Gasteiger partial charge in [0.15, 0.2) is 0 Å². The highest BCUT2D eigenvalue weighted by molar-refractivity contribution is 5.90. The minimum atomic E-state index is 0.0477. The summed E-state index contributed by atoms with van der Waals surface area (Å²) in [7, 11) is 2.05. The maximum Gasteiger partial charge on any atom is 0.225 e. The van der Waals surface area contributed by atoms with Gasteiger partial charge in [-0.3, -0.25) is 4.79 Å². The van der Waals surface area contributed by atoms with Crippen LogP contribution in [0, 0.1) is 0 Å². The molecule has 3 heteroatoms. The van der Waals surface area contributed by atoms with Gasteiger partial charge in [0, 0.05) is 25.2 Å². The van der Waals surface area contributed by atoms with E-state index in [9.17, 15) is 4.79 Å². The quantitative estimate of drug-likeness (QED) is 0.735. The van der Waals surface area contributed by atoms with Crippen molar-refractivity contribution in [3.63, 3.8) is 0 Å². The normalized spacial score (nSPS) is 10.9. The molecule has 0 fully saturated rings. The van der Waals surface area contributed by atoms with Gasteiger partial charge in [0.2, 0.25) is 5.91 Å². The lowest BCUT2D eigenvalue weighted by Gasteiger charge is -2.17. The van der Waals surface area contributed by atoms with Crippen molar-refractivity contribution in [2.75, 3.05) is 18.9 Å². The van der Waals surface area contributed by atoms with E-state index in [1.807, 2.05) is 37.4 Å². The molecule has 1 N–H and O–H groups in total. The first-order chi connectivity index (χ1) is 11.7. The summed E-state index contributed by atoms with van der Waals surface area (Å²) < 4.78 is 0. The van der Waals surface area contributed by atoms with Gasteiger partial charge in [-0.25, -0.2) is 0 Å². The van der Waals surface area contributed by atoms with E-state index in [1.54, 1.807) is 0 Å². The molecule has 3 aromatic carbocycles. The number of fused-ring (bicyclic) bond motifs is 1. The monoisotopic (exact) mass is 318 g/mol. The molecule has 3 rings (SSSR count). The summed E-state index contributed by atoms with van der Waals surface area (Å²) in [6.07, 6.45) is 0.485. The Bertz CT molecular complexity index is 814. The third-order valence-corrected chi connectivity index (χ3v) is 4.04. The molecule has 24 heavy (non-hydrogen) atoms. The zero-order valence-electron chi connectivity index (χ0n) is 13.9. The van der Waals surface area contributed by atoms with E-state index in [2.05, 4.69) is 52.7 Å². The maximum atomic E-state index is 12.0. The van der Waals surface area contributed by atoms with Crippen molar-refractivity contribution in [3.05, 3.63) is 78.4 Å². The summed E-state index contributed by atoms with van der Waals surface area (Å²) >= 11 is 0. The number of nitrogens with zero attached hydrogens (tertiary/aromatic N) is 1. The summed E-state index contributed by atoms with van der Waals surface area (Å²) in [6, 6.07) is 24.5. The Morgan fingerprint density at radius 2 is 1.62 bits per heavy atom. The van der Waals surface area contributed by atoms with E-state index in [0.717, 1.165) is 18.8 Å². The third-order valence-electron chi connectivity index (χ3n) is 4.04. The van der Waals surface area contributed by atoms with E-state index in [-0.39, 0.29) is 5.91 Å². The molecule has 1 amide bonds. The number of nitrogens with one attached hydrogen (secondary N) is 1. The number of carbonyl (C=O) groups excluding carboxylic acids is 1. The van der Waals surface area contributed by atoms with Crippen molar-refractivity contribution in [1.29, 1.82) is 0 Å². The van der Waals surface area contributed by atoms with Gasteiger partial charge < -0.3 is 10.2 Å². The molecule has 0 saturated heterocycles. The number of hydrogen-bond donors (Lipinski definition) is 1. The number of benzene rings is 3. The first-order valence-electron chi connectivity index (χ1n) is 8.22. The molecule has 0 aliphatic heterocycles. The lowest BCUT2D eigenvalue weighted by Crippen LogP contribution is -2.24. The van der Waals surface area contributed by atoms with Gasteiger partial charge in [-0.2, -0.15) is 0 Å². The second-order valence-electron chi connectivity index (χ2n) is 6.08. The average molecular weight is 318 g/mol. The Balaban J connectivity index is 1.51. The number of carbonyl (C=O) groups is 1. The van der Waals surface area contributed by atoms with Crippen LogP contribution in [0.5, 0.6) is 0 Å². The first-order valence-corrected chi connectivity index (χ1v) is 8.22. The van der Waals surface area contributed by atoms with Crippen LogP contribution in [0.15, 0.2) is 72.8 Å². The number of anilines is 1. The summed E-state index contributed by atoms with van der Waals surface area (Å²) in [4.78, 5) is 14.2. The lowest BCUT2D eigenvalue weighted by atomic mass is 10.1. The highest BCUT2D eigenvalue weighted by Crippen LogP contribution is 2.16. The Kier molecular flexibility index (Phi) is 5.24. The van der Waals surface area contributed by atoms with Gasteiger partial charge in [-0.1, -0.05) is 54.6 Å². The fourth-order valence-corrected chi connectivity index (χ4v) is 2.77. The molecule has 0 aliphatic carbocycles. The Morgan fingerprint density at radius 1 is 0.917 bits per heavy atom. The smallest absolute Gasteiger partial charge is 0.225 e. The predicted octanol–water partition coefficient (Wildman–Crippen LogP) is 4.30. The summed E-state index contributed by atoms with van der Waals surface area (Å²) in [5, 5.41) is 5.43. The van der Waals surface area contributed by atoms with Crippen molar-refractivity contribution in [1.82, 2.24) is 4.90 Å². The zero-order chi connectivity index (χ0) is 16.8. The summed E-state index contributed by atoms with van der Waals surface area (Å²) in [5.41, 5.74) is 2.11. The molecule has 0 radical (unpaired) electrons. The van der Waals surface area contributed by atoms with Crippen LogP contribution in [0.3, 0.4) is 0 Å². The van der Waals surface area contributed by atoms with Crippen molar-refractivity contribution in [2.45, 2.75) is 13.0 Å². The Morgan fingerprint density at radius 3 is 2.42 bits per heavy atom. The Hall–Kier alpha value is -2.65. The zero-order valence-corrected chi connectivity index (χ0v) is 13.9. The molecule has 0 spiro atoms. The van der Waals surface area contributed by atoms with Crippen LogP contribution < -0.4 is 5.32 Å². The van der Waals surface area contributed by atoms with E-state index < -0.39 is 0 Å². The summed E-state index contributed by atoms with van der Waals surface area (Å²) in [6.45, 7) is 1.56. The fourth-order valence-electron chi connectivity index (χ4n) is 2.77. The largest absolute Gasteiger partial charge is 0.326 e. The fraction of sp³-hybridized carbons (Fsp3) is 0.190. The highest BCUT2D eigenvalue weighted by Gasteiger charge is 2.06. The molecule has 0 atom stereocenters. The van der Waals surface area contributed by atoms with Crippen LogP contribution >= 0.6 is 0 Å². The van der Waals surface area contributed by atoms with Crippen LogP contribution in [-0.2, 0) is 11.3 Å². The topological polar surface area (TPSA) is 32.3 Å². The number of para-hydroxylation sites is 1. The standard InChI is InChI=1S/C21H22N2O/c1-23(14-13-21(24)22-20-9-3-2-4-10-20)16-17-11-12-18-7-5-6-8-19(18)15-17/h2-12,15H,13-14,16H2,1H3,(H,22,24). The van der Waals surface area contributed by atoms with Crippen LogP contribution in [0.1, 0.15) is 12.0 Å². The van der Waals surface area contributed by atoms with E-state index in [4.69, 9.17) is 0 Å². The van der Waals surface area contributed by atoms with Crippen LogP contribution in [0.4, 0.5) is 5.69 Å². The highest BCUT2D eigenvalue weighted by atomic mass is 16.1. The van der Waals surface area contributed by atoms with E-state index >= 15 is 0 Å². The van der Waals surface area contributed by atoms with Crippen molar-refractivity contribution in [3.8, 4) is 0 Å². The SMILES string of the molecule is CN(CCC(=O)Nc1ccccc1)Cc1ccc2ccccc2c1. The van der Waals surface area contributed by atoms with Crippen molar-refractivity contribution in [2.24, 2.45) is 0 Å². The number of hydrogen-bond acceptors (Lipinski definition) is 2. The molecule has 0 heterocycles. The molecular weight excluding hydrogens is 296 g/mol. The summed E-state index contributed by atoms with van der Waals surface area (Å²) in [5.74, 6) is 0.0477. The van der Waals surface area contributed by atoms with Crippen LogP contribution in [0.2, 0.25) is 0 Å². The van der Waals surface area contributed by atoms with Gasteiger partial charge in [0.1, 0.15) is 0 Å². The second kappa shape index (κ2) is 7.75. The molecule has 0 saturated carbocycles. The third kappa shape index (κ3) is 4.43. The molecule has 0 bridgehead atoms. The predicted molar refractivity (Wildman–Crippen MR) is 100.0 cm³/mol. The van der Waals surface area contributed by atoms with Gasteiger partial charge in [0.05, 0.1) is 0 Å². The second-order valence-corrected chi connectivity index (χ2v) is 6.08. The molecule has 0 unspecified atom stereocenters. The van der Waals surface area contributed by atoms with E-state index in [0.29, 0.717) is 6.42 Å². The Labute approximate surface area is 142 Å². The van der Waals surface area contributed by atoms with Gasteiger partial charge in [-0.05, 0) is 41.6 Å². The average Bonchev–Trinajstić information content (AvgIpc) is 2.61. The van der Waals surface area contributed by atoms with Crippen molar-refractivity contribution < 1.29 is 4.79 Å². The molecule has 3 aromatic rings. The first kappa shape index (κ1) is 16.2. The number of rotatable bonds is 6. The number of amides is 1. The van der Waals surface area contributed by atoms with Gasteiger partial charge in [-0.15, -0.1) is 0 Å². The van der Waals surface area contributed by atoms with Crippen molar-refractivity contribution >= 4 is 22.4 Å². The minimum absolute atomic E-state index is 0.0477. The molecule has 0 aliphatic rings. The lowest BCUT2D eigenvalue weighted by molar-refractivity contribution is -0.116. The molecule has 0 aromatic heterocycles. The van der Waals surface area contributed by atoms with Gasteiger partial charge >= 0.3 is 0 Å². The molecule has 3 nitrogen and oxygen atoms in total. The molecular formula is C21H22N2O. The minimum Gasteiger partial charge on any atom is -0.326 e. The van der Waals surface area contributed by atoms with Crippen LogP contribution in [-0.4, -0.2) is 24.4 Å². The van der Waals surface area contributed by atoms with Gasteiger partial charge in [0.25, 0.3) is 0 Å². The maximum absolute atomic E-state index is 12.0. The van der Waals surface area contributed by atoms with Crippen LogP contribution in [0.25, 0.3) is 10.8 Å². The van der Waals surface area contributed by atoms with E-state index in [1.165, 1.54) is 16.3 Å².